The van der Waals surface area contributed by atoms with Crippen LogP contribution in [0.2, 0.25) is 10.0 Å². The molecule has 18 heavy (non-hydrogen) atoms. The monoisotopic (exact) mass is 284 g/mol. The van der Waals surface area contributed by atoms with Crippen molar-refractivity contribution in [2.45, 2.75) is 0 Å². The molecular weight excluding hydrogens is 279 g/mol. The Bertz CT molecular complexity index is 588. The Labute approximate surface area is 112 Å². The van der Waals surface area contributed by atoms with Crippen molar-refractivity contribution in [1.29, 1.82) is 0 Å². The standard InChI is InChI=1S/C11H6Cl2N2O3/c12-6-2-1-3-7(13)5(6)4-8-10(16)9(15-18)11(17)14-8/h1-4,16H,(H,14,17)/b8-4-. The number of rotatable bonds is 2. The summed E-state index contributed by atoms with van der Waals surface area (Å²) in [6, 6.07) is 4.88. The molecule has 0 bridgehead atoms. The minimum absolute atomic E-state index is 0.0320. The average Bonchev–Trinajstić information content (AvgIpc) is 2.59. The zero-order chi connectivity index (χ0) is 13.3. The van der Waals surface area contributed by atoms with Gasteiger partial charge in [-0.1, -0.05) is 29.3 Å². The van der Waals surface area contributed by atoms with E-state index in [2.05, 4.69) is 10.5 Å². The van der Waals surface area contributed by atoms with Gasteiger partial charge in [0.05, 0.1) is 5.70 Å². The summed E-state index contributed by atoms with van der Waals surface area (Å²) in [4.78, 5) is 21.6. The van der Waals surface area contributed by atoms with Gasteiger partial charge in [0.2, 0.25) is 5.70 Å². The maximum absolute atomic E-state index is 11.3. The summed E-state index contributed by atoms with van der Waals surface area (Å²) in [6.07, 6.45) is 1.37. The second kappa shape index (κ2) is 4.80. The van der Waals surface area contributed by atoms with Gasteiger partial charge in [0.1, 0.15) is 0 Å². The summed E-state index contributed by atoms with van der Waals surface area (Å²) < 4.78 is 0. The molecule has 0 saturated carbocycles. The predicted octanol–water partition coefficient (Wildman–Crippen LogP) is 3.00. The fraction of sp³-hybridized carbons (Fsp3) is 0. The van der Waals surface area contributed by atoms with Crippen molar-refractivity contribution < 1.29 is 9.90 Å². The highest BCUT2D eigenvalue weighted by atomic mass is 35.5. The van der Waals surface area contributed by atoms with Crippen molar-refractivity contribution in [3.05, 3.63) is 55.9 Å². The summed E-state index contributed by atoms with van der Waals surface area (Å²) in [5.41, 5.74) is -0.108. The summed E-state index contributed by atoms with van der Waals surface area (Å²) in [5.74, 6) is -1.29. The molecule has 5 nitrogen and oxygen atoms in total. The Morgan fingerprint density at radius 2 is 1.89 bits per heavy atom. The number of halogens is 2. The summed E-state index contributed by atoms with van der Waals surface area (Å²) in [7, 11) is 0. The first kappa shape index (κ1) is 12.6. The molecule has 0 spiro atoms. The molecule has 1 aromatic rings. The van der Waals surface area contributed by atoms with Crippen LogP contribution in [0.25, 0.3) is 6.08 Å². The van der Waals surface area contributed by atoms with E-state index in [0.717, 1.165) is 0 Å². The zero-order valence-electron chi connectivity index (χ0n) is 8.78. The number of nitrogens with one attached hydrogen (secondary N) is 1. The fourth-order valence-electron chi connectivity index (χ4n) is 1.46. The van der Waals surface area contributed by atoms with E-state index in [-0.39, 0.29) is 5.70 Å². The van der Waals surface area contributed by atoms with E-state index in [0.29, 0.717) is 15.6 Å². The molecule has 1 aliphatic heterocycles. The van der Waals surface area contributed by atoms with E-state index in [1.54, 1.807) is 18.2 Å². The summed E-state index contributed by atoms with van der Waals surface area (Å²) in [6.45, 7) is 0. The van der Waals surface area contributed by atoms with Gasteiger partial charge in [-0.2, -0.15) is 0 Å². The molecule has 7 heteroatoms. The molecule has 0 saturated heterocycles. The molecule has 2 rings (SSSR count). The van der Waals surface area contributed by atoms with Crippen LogP contribution in [0.4, 0.5) is 0 Å². The number of amides is 1. The van der Waals surface area contributed by atoms with Crippen molar-refractivity contribution in [1.82, 2.24) is 5.32 Å². The molecule has 1 heterocycles. The molecule has 0 aromatic heterocycles. The molecule has 1 amide bonds. The predicted molar refractivity (Wildman–Crippen MR) is 68.0 cm³/mol. The van der Waals surface area contributed by atoms with E-state index in [9.17, 15) is 14.8 Å². The third-order valence-corrected chi connectivity index (χ3v) is 2.98. The highest BCUT2D eigenvalue weighted by Crippen LogP contribution is 2.29. The number of nitrogens with zero attached hydrogens (tertiary/aromatic N) is 1. The number of nitroso groups, excluding NO2 is 1. The van der Waals surface area contributed by atoms with Crippen molar-refractivity contribution >= 4 is 35.2 Å². The van der Waals surface area contributed by atoms with Crippen molar-refractivity contribution in [2.75, 3.05) is 0 Å². The lowest BCUT2D eigenvalue weighted by Crippen LogP contribution is -2.15. The average molecular weight is 285 g/mol. The van der Waals surface area contributed by atoms with Crippen molar-refractivity contribution in [3.8, 4) is 0 Å². The zero-order valence-corrected chi connectivity index (χ0v) is 10.3. The smallest absolute Gasteiger partial charge is 0.281 e. The Hall–Kier alpha value is -1.85. The Morgan fingerprint density at radius 3 is 2.39 bits per heavy atom. The number of aliphatic hydroxyl groups excluding tert-OH is 1. The molecule has 0 aliphatic carbocycles. The molecule has 1 aromatic carbocycles. The van der Waals surface area contributed by atoms with E-state index in [1.807, 2.05) is 0 Å². The minimum Gasteiger partial charge on any atom is -0.504 e. The van der Waals surface area contributed by atoms with Gasteiger partial charge in [-0.15, -0.1) is 4.91 Å². The van der Waals surface area contributed by atoms with Gasteiger partial charge in [-0.05, 0) is 23.4 Å². The van der Waals surface area contributed by atoms with Crippen LogP contribution in [0.5, 0.6) is 0 Å². The number of benzene rings is 1. The van der Waals surface area contributed by atoms with E-state index >= 15 is 0 Å². The van der Waals surface area contributed by atoms with Gasteiger partial charge in [0, 0.05) is 15.6 Å². The van der Waals surface area contributed by atoms with Gasteiger partial charge in [-0.3, -0.25) is 4.79 Å². The second-order valence-corrected chi connectivity index (χ2v) is 4.25. The van der Waals surface area contributed by atoms with E-state index < -0.39 is 17.4 Å². The van der Waals surface area contributed by atoms with Crippen LogP contribution in [0.1, 0.15) is 5.56 Å². The fourth-order valence-corrected chi connectivity index (χ4v) is 1.96. The van der Waals surface area contributed by atoms with Crippen LogP contribution < -0.4 is 5.32 Å². The molecule has 0 fully saturated rings. The van der Waals surface area contributed by atoms with Crippen LogP contribution in [0, 0.1) is 4.91 Å². The SMILES string of the molecule is O=NC1=C(O)/C(=C/c2c(Cl)cccc2Cl)NC1=O. The molecule has 92 valence electrons. The largest absolute Gasteiger partial charge is 0.504 e. The molecule has 0 unspecified atom stereocenters. The number of carbonyl (C=O) groups excluding carboxylic acids is 1. The van der Waals surface area contributed by atoms with Crippen molar-refractivity contribution in [3.63, 3.8) is 0 Å². The number of aliphatic hydroxyl groups is 1. The van der Waals surface area contributed by atoms with Crippen LogP contribution >= 0.6 is 23.2 Å². The Morgan fingerprint density at radius 1 is 1.28 bits per heavy atom. The van der Waals surface area contributed by atoms with Gasteiger partial charge in [-0.25, -0.2) is 0 Å². The van der Waals surface area contributed by atoms with E-state index in [1.165, 1.54) is 6.08 Å². The molecule has 2 N–H and O–H groups in total. The minimum atomic E-state index is -0.767. The summed E-state index contributed by atoms with van der Waals surface area (Å²) in [5, 5.41) is 15.1. The van der Waals surface area contributed by atoms with Crippen LogP contribution in [0.15, 0.2) is 40.5 Å². The Kier molecular flexibility index (Phi) is 3.36. The lowest BCUT2D eigenvalue weighted by molar-refractivity contribution is -0.116. The highest BCUT2D eigenvalue weighted by Gasteiger charge is 2.28. The maximum atomic E-state index is 11.3. The van der Waals surface area contributed by atoms with Gasteiger partial charge < -0.3 is 10.4 Å². The Balaban J connectivity index is 2.51. The van der Waals surface area contributed by atoms with Crippen molar-refractivity contribution in [2.24, 2.45) is 5.18 Å². The molecule has 0 radical (unpaired) electrons. The lowest BCUT2D eigenvalue weighted by atomic mass is 10.2. The quantitative estimate of drug-likeness (QED) is 0.820. The molecular formula is C11H6Cl2N2O3. The summed E-state index contributed by atoms with van der Waals surface area (Å²) >= 11 is 11.9. The number of hydrogen-bond donors (Lipinski definition) is 2. The number of hydrogen-bond acceptors (Lipinski definition) is 4. The van der Waals surface area contributed by atoms with Gasteiger partial charge in [0.25, 0.3) is 5.91 Å². The third kappa shape index (κ3) is 2.10. The topological polar surface area (TPSA) is 78.8 Å². The van der Waals surface area contributed by atoms with Gasteiger partial charge in [0.15, 0.2) is 5.76 Å². The normalized spacial score (nSPS) is 17.2. The highest BCUT2D eigenvalue weighted by molar-refractivity contribution is 6.37. The maximum Gasteiger partial charge on any atom is 0.281 e. The lowest BCUT2D eigenvalue weighted by Gasteiger charge is -2.03. The molecule has 1 aliphatic rings. The third-order valence-electron chi connectivity index (χ3n) is 2.32. The molecule has 0 atom stereocenters. The first-order chi connectivity index (χ1) is 8.54. The van der Waals surface area contributed by atoms with E-state index in [4.69, 9.17) is 23.2 Å². The first-order valence-electron chi connectivity index (χ1n) is 4.78. The first-order valence-corrected chi connectivity index (χ1v) is 5.54. The number of carbonyl (C=O) groups is 1. The van der Waals surface area contributed by atoms with Crippen LogP contribution in [-0.4, -0.2) is 11.0 Å². The van der Waals surface area contributed by atoms with Crippen LogP contribution in [0.3, 0.4) is 0 Å². The van der Waals surface area contributed by atoms with Crippen LogP contribution in [-0.2, 0) is 4.79 Å². The van der Waals surface area contributed by atoms with Gasteiger partial charge >= 0.3 is 0 Å². The second-order valence-electron chi connectivity index (χ2n) is 3.44.